The van der Waals surface area contributed by atoms with Crippen LogP contribution in [0.1, 0.15) is 73.7 Å². The second-order valence-corrected chi connectivity index (χ2v) is 12.3. The third-order valence-corrected chi connectivity index (χ3v) is 9.50. The van der Waals surface area contributed by atoms with Gasteiger partial charge in [0.1, 0.15) is 6.10 Å². The van der Waals surface area contributed by atoms with Crippen molar-refractivity contribution in [1.82, 2.24) is 10.3 Å². The number of hydrogen-bond acceptors (Lipinski definition) is 5. The maximum absolute atomic E-state index is 14.3. The number of carbonyl (C=O) groups excluding carboxylic acids is 1. The number of amides is 1. The normalized spacial score (nSPS) is 25.7. The van der Waals surface area contributed by atoms with Crippen LogP contribution in [0.5, 0.6) is 0 Å². The summed E-state index contributed by atoms with van der Waals surface area (Å²) in [6.07, 6.45) is 6.55. The van der Waals surface area contributed by atoms with Crippen LogP contribution in [0.15, 0.2) is 58.2 Å². The van der Waals surface area contributed by atoms with E-state index < -0.39 is 16.9 Å². The van der Waals surface area contributed by atoms with Gasteiger partial charge in [-0.3, -0.25) is 9.59 Å². The Labute approximate surface area is 236 Å². The van der Waals surface area contributed by atoms with Gasteiger partial charge in [0.05, 0.1) is 33.4 Å². The Hall–Kier alpha value is -3.26. The van der Waals surface area contributed by atoms with E-state index in [9.17, 15) is 14.7 Å². The molecule has 1 heterocycles. The minimum absolute atomic E-state index is 0.0589. The highest BCUT2D eigenvalue weighted by Crippen LogP contribution is 2.51. The molecule has 3 aromatic rings. The molecule has 4 saturated carbocycles. The minimum atomic E-state index is -0.838. The van der Waals surface area contributed by atoms with E-state index >= 15 is 0 Å². The number of nitrogens with zero attached hydrogens (tertiary/aromatic N) is 2. The molecule has 8 heteroatoms. The molecule has 1 amide bonds. The lowest BCUT2D eigenvalue weighted by Gasteiger charge is -2.51. The number of oxime groups is 1. The summed E-state index contributed by atoms with van der Waals surface area (Å²) in [5.74, 6) is -0.988. The SMILES string of the molecule is Cc1c(-c2ccccc2)nc2ccc(Br)cc2c1C(=O)NC12CCC(C(=O)O)(CC1)C/C2=N\OC1CCCC1. The van der Waals surface area contributed by atoms with Gasteiger partial charge in [-0.25, -0.2) is 4.98 Å². The van der Waals surface area contributed by atoms with Crippen molar-refractivity contribution in [2.24, 2.45) is 10.6 Å². The minimum Gasteiger partial charge on any atom is -0.481 e. The van der Waals surface area contributed by atoms with Gasteiger partial charge >= 0.3 is 5.97 Å². The Morgan fingerprint density at radius 2 is 1.79 bits per heavy atom. The maximum Gasteiger partial charge on any atom is 0.310 e. The number of aliphatic carboxylic acids is 1. The summed E-state index contributed by atoms with van der Waals surface area (Å²) in [6.45, 7) is 1.94. The predicted octanol–water partition coefficient (Wildman–Crippen LogP) is 6.81. The van der Waals surface area contributed by atoms with Crippen LogP contribution >= 0.6 is 15.9 Å². The Bertz CT molecular complexity index is 1470. The van der Waals surface area contributed by atoms with Gasteiger partial charge < -0.3 is 15.3 Å². The van der Waals surface area contributed by atoms with Crippen LogP contribution in [-0.4, -0.2) is 39.3 Å². The molecule has 2 aromatic carbocycles. The zero-order valence-corrected chi connectivity index (χ0v) is 23.6. The number of aromatic nitrogens is 1. The van der Waals surface area contributed by atoms with Crippen LogP contribution in [0.2, 0.25) is 0 Å². The number of fused-ring (bicyclic) bond motifs is 4. The molecule has 0 atom stereocenters. The Morgan fingerprint density at radius 1 is 1.08 bits per heavy atom. The number of carboxylic acids is 1. The lowest BCUT2D eigenvalue weighted by molar-refractivity contribution is -0.152. The Balaban J connectivity index is 1.41. The molecular weight excluding hydrogens is 558 g/mol. The molecule has 7 rings (SSSR count). The van der Waals surface area contributed by atoms with Crippen molar-refractivity contribution in [3.8, 4) is 11.3 Å². The third kappa shape index (κ3) is 4.62. The summed E-state index contributed by atoms with van der Waals surface area (Å²) >= 11 is 3.56. The van der Waals surface area contributed by atoms with E-state index in [2.05, 4.69) is 26.4 Å². The zero-order valence-electron chi connectivity index (χ0n) is 22.0. The first-order chi connectivity index (χ1) is 18.8. The van der Waals surface area contributed by atoms with Crippen molar-refractivity contribution in [3.05, 3.63) is 64.1 Å². The Morgan fingerprint density at radius 3 is 2.49 bits per heavy atom. The molecule has 0 spiro atoms. The molecule has 0 unspecified atom stereocenters. The highest BCUT2D eigenvalue weighted by Gasteiger charge is 2.57. The summed E-state index contributed by atoms with van der Waals surface area (Å²) < 4.78 is 0.865. The molecule has 0 radical (unpaired) electrons. The van der Waals surface area contributed by atoms with Gasteiger partial charge in [-0.2, -0.15) is 0 Å². The molecule has 2 N–H and O–H groups in total. The molecule has 4 fully saturated rings. The lowest BCUT2D eigenvalue weighted by atomic mass is 9.56. The van der Waals surface area contributed by atoms with Crippen molar-refractivity contribution in [3.63, 3.8) is 0 Å². The molecule has 0 saturated heterocycles. The van der Waals surface area contributed by atoms with E-state index in [0.29, 0.717) is 43.4 Å². The van der Waals surface area contributed by atoms with Crippen molar-refractivity contribution < 1.29 is 19.5 Å². The summed E-state index contributed by atoms with van der Waals surface area (Å²) in [6, 6.07) is 15.7. The Kier molecular flexibility index (Phi) is 6.69. The molecular formula is C31H32BrN3O4. The van der Waals surface area contributed by atoms with E-state index in [1.807, 2.05) is 55.5 Å². The van der Waals surface area contributed by atoms with Crippen molar-refractivity contribution in [2.45, 2.75) is 76.4 Å². The van der Waals surface area contributed by atoms with Gasteiger partial charge in [0, 0.05) is 21.8 Å². The van der Waals surface area contributed by atoms with Crippen LogP contribution in [-0.2, 0) is 9.63 Å². The van der Waals surface area contributed by atoms with Crippen molar-refractivity contribution >= 4 is 44.4 Å². The standard InChI is InChI=1S/C31H32BrN3O4/c1-19-26(23-17-21(32)11-12-24(23)33-27(19)20-7-3-2-4-8-20)28(36)34-31-15-13-30(14-16-31,29(37)38)18-25(31)35-39-22-9-5-6-10-22/h2-4,7-8,11-12,17,22H,5-6,9-10,13-16,18H2,1H3,(H,34,36)(H,37,38)/b35-25+. The number of hydrogen-bond donors (Lipinski definition) is 2. The van der Waals surface area contributed by atoms with Crippen LogP contribution < -0.4 is 5.32 Å². The molecule has 4 aliphatic rings. The second-order valence-electron chi connectivity index (χ2n) is 11.3. The fourth-order valence-electron chi connectivity index (χ4n) is 6.63. The highest BCUT2D eigenvalue weighted by molar-refractivity contribution is 9.10. The average Bonchev–Trinajstić information content (AvgIpc) is 3.46. The summed E-state index contributed by atoms with van der Waals surface area (Å²) in [7, 11) is 0. The number of halogens is 1. The molecule has 202 valence electrons. The van der Waals surface area contributed by atoms with Gasteiger partial charge in [-0.1, -0.05) is 51.4 Å². The lowest BCUT2D eigenvalue weighted by Crippen LogP contribution is -2.64. The number of rotatable bonds is 6. The van der Waals surface area contributed by atoms with Gasteiger partial charge in [-0.15, -0.1) is 0 Å². The van der Waals surface area contributed by atoms with Gasteiger partial charge in [0.2, 0.25) is 0 Å². The first-order valence-electron chi connectivity index (χ1n) is 13.7. The second kappa shape index (κ2) is 10.0. The third-order valence-electron chi connectivity index (χ3n) is 9.00. The average molecular weight is 591 g/mol. The molecule has 1 aromatic heterocycles. The zero-order chi connectivity index (χ0) is 27.2. The number of nitrogens with one attached hydrogen (secondary N) is 1. The molecule has 7 nitrogen and oxygen atoms in total. The van der Waals surface area contributed by atoms with Crippen LogP contribution in [0.25, 0.3) is 22.2 Å². The number of pyridine rings is 1. The monoisotopic (exact) mass is 589 g/mol. The fourth-order valence-corrected chi connectivity index (χ4v) is 6.99. The quantitative estimate of drug-likeness (QED) is 0.308. The number of carbonyl (C=O) groups is 2. The first-order valence-corrected chi connectivity index (χ1v) is 14.5. The van der Waals surface area contributed by atoms with E-state index in [-0.39, 0.29) is 12.0 Å². The van der Waals surface area contributed by atoms with Crippen molar-refractivity contribution in [1.29, 1.82) is 0 Å². The van der Waals surface area contributed by atoms with Crippen molar-refractivity contribution in [2.75, 3.05) is 0 Å². The number of benzene rings is 2. The molecule has 2 bridgehead atoms. The predicted molar refractivity (Wildman–Crippen MR) is 154 cm³/mol. The van der Waals surface area contributed by atoms with E-state index in [1.165, 1.54) is 0 Å². The molecule has 0 aliphatic heterocycles. The van der Waals surface area contributed by atoms with Crippen LogP contribution in [0.4, 0.5) is 0 Å². The van der Waals surface area contributed by atoms with Gasteiger partial charge in [0.25, 0.3) is 5.91 Å². The first kappa shape index (κ1) is 26.0. The summed E-state index contributed by atoms with van der Waals surface area (Å²) in [5.41, 5.74) is 2.91. The van der Waals surface area contributed by atoms with Gasteiger partial charge in [-0.05, 0) is 82.1 Å². The largest absolute Gasteiger partial charge is 0.481 e. The van der Waals surface area contributed by atoms with Crippen LogP contribution in [0.3, 0.4) is 0 Å². The molecule has 39 heavy (non-hydrogen) atoms. The van der Waals surface area contributed by atoms with E-state index in [4.69, 9.17) is 9.82 Å². The fraction of sp³-hybridized carbons (Fsp3) is 0.419. The summed E-state index contributed by atoms with van der Waals surface area (Å²) in [5, 5.41) is 18.8. The number of carboxylic acid groups (broad SMARTS) is 1. The highest BCUT2D eigenvalue weighted by atomic mass is 79.9. The summed E-state index contributed by atoms with van der Waals surface area (Å²) in [4.78, 5) is 37.4. The van der Waals surface area contributed by atoms with E-state index in [1.54, 1.807) is 0 Å². The van der Waals surface area contributed by atoms with Crippen LogP contribution in [0, 0.1) is 12.3 Å². The molecule has 4 aliphatic carbocycles. The maximum atomic E-state index is 14.3. The smallest absolute Gasteiger partial charge is 0.310 e. The topological polar surface area (TPSA) is 101 Å². The van der Waals surface area contributed by atoms with Gasteiger partial charge in [0.15, 0.2) is 0 Å². The van der Waals surface area contributed by atoms with E-state index in [0.717, 1.165) is 57.9 Å².